The third-order valence-corrected chi connectivity index (χ3v) is 6.83. The second-order valence-corrected chi connectivity index (χ2v) is 9.46. The standard InChI is InChI=1S/C24H26N8/c1-31-12-18(9-27-31)16-4-3-5-17(8-16)21-26-11-20(19-10-28-32(2)13-19)22(29-21)30-24-7-6-23(25,14-24)15-24/h3-5,8-13H,6-7,14-15,25H2,1-2H3,(H,26,29,30). The predicted octanol–water partition coefficient (Wildman–Crippen LogP) is 3.38. The minimum atomic E-state index is -0.00459. The molecule has 162 valence electrons. The van der Waals surface area contributed by atoms with Crippen molar-refractivity contribution in [2.75, 3.05) is 5.32 Å². The number of rotatable bonds is 5. The minimum Gasteiger partial charge on any atom is -0.364 e. The fraction of sp³-hybridized carbons (Fsp3) is 0.333. The molecule has 32 heavy (non-hydrogen) atoms. The third kappa shape index (κ3) is 3.18. The molecule has 0 unspecified atom stereocenters. The fourth-order valence-electron chi connectivity index (χ4n) is 5.34. The summed E-state index contributed by atoms with van der Waals surface area (Å²) in [6, 6.07) is 8.27. The van der Waals surface area contributed by atoms with Crippen LogP contribution in [0.1, 0.15) is 25.7 Å². The quantitative estimate of drug-likeness (QED) is 0.508. The normalized spacial score (nSPS) is 23.8. The van der Waals surface area contributed by atoms with E-state index in [4.69, 9.17) is 15.7 Å². The van der Waals surface area contributed by atoms with Gasteiger partial charge in [0.15, 0.2) is 5.82 Å². The van der Waals surface area contributed by atoms with Crippen molar-refractivity contribution in [3.05, 3.63) is 55.2 Å². The molecule has 3 aromatic heterocycles. The molecule has 0 saturated heterocycles. The summed E-state index contributed by atoms with van der Waals surface area (Å²) in [5, 5.41) is 12.4. The van der Waals surface area contributed by atoms with Crippen LogP contribution in [-0.4, -0.2) is 40.6 Å². The summed E-state index contributed by atoms with van der Waals surface area (Å²) in [6.07, 6.45) is 13.7. The van der Waals surface area contributed by atoms with Gasteiger partial charge in [-0.15, -0.1) is 0 Å². The Hall–Kier alpha value is -3.52. The molecule has 3 saturated carbocycles. The number of benzene rings is 1. The Morgan fingerprint density at radius 3 is 2.28 bits per heavy atom. The van der Waals surface area contributed by atoms with Crippen LogP contribution in [0.4, 0.5) is 5.82 Å². The summed E-state index contributed by atoms with van der Waals surface area (Å²) in [4.78, 5) is 9.73. The average Bonchev–Trinajstić information content (AvgIpc) is 3.52. The third-order valence-electron chi connectivity index (χ3n) is 6.83. The van der Waals surface area contributed by atoms with Crippen LogP contribution < -0.4 is 11.1 Å². The molecule has 2 bridgehead atoms. The molecule has 0 radical (unpaired) electrons. The Bertz CT molecular complexity index is 1310. The molecular weight excluding hydrogens is 400 g/mol. The lowest BCUT2D eigenvalue weighted by molar-refractivity contribution is 0.225. The van der Waals surface area contributed by atoms with E-state index >= 15 is 0 Å². The summed E-state index contributed by atoms with van der Waals surface area (Å²) >= 11 is 0. The Labute approximate surface area is 186 Å². The summed E-state index contributed by atoms with van der Waals surface area (Å²) in [5.74, 6) is 1.54. The number of fused-ring (bicyclic) bond motifs is 1. The van der Waals surface area contributed by atoms with E-state index in [9.17, 15) is 0 Å². The van der Waals surface area contributed by atoms with Gasteiger partial charge < -0.3 is 11.1 Å². The van der Waals surface area contributed by atoms with E-state index in [1.54, 1.807) is 9.36 Å². The first kappa shape index (κ1) is 19.2. The van der Waals surface area contributed by atoms with E-state index in [1.165, 1.54) is 0 Å². The largest absolute Gasteiger partial charge is 0.364 e. The van der Waals surface area contributed by atoms with E-state index in [0.29, 0.717) is 5.82 Å². The predicted molar refractivity (Wildman–Crippen MR) is 124 cm³/mol. The average molecular weight is 427 g/mol. The Balaban J connectivity index is 1.40. The van der Waals surface area contributed by atoms with Gasteiger partial charge in [-0.3, -0.25) is 9.36 Å². The molecule has 8 heteroatoms. The van der Waals surface area contributed by atoms with Crippen molar-refractivity contribution in [2.24, 2.45) is 19.8 Å². The molecule has 0 atom stereocenters. The Kier molecular flexibility index (Phi) is 4.04. The smallest absolute Gasteiger partial charge is 0.161 e. The van der Waals surface area contributed by atoms with Gasteiger partial charge in [0.2, 0.25) is 0 Å². The first-order valence-corrected chi connectivity index (χ1v) is 10.9. The van der Waals surface area contributed by atoms with Crippen LogP contribution in [0.5, 0.6) is 0 Å². The molecule has 3 aliphatic rings. The van der Waals surface area contributed by atoms with Gasteiger partial charge in [-0.05, 0) is 37.3 Å². The first-order valence-electron chi connectivity index (χ1n) is 10.9. The topological polar surface area (TPSA) is 99.5 Å². The summed E-state index contributed by atoms with van der Waals surface area (Å²) < 4.78 is 3.60. The molecule has 0 spiro atoms. The maximum Gasteiger partial charge on any atom is 0.161 e. The lowest BCUT2D eigenvalue weighted by Gasteiger charge is -2.46. The highest BCUT2D eigenvalue weighted by Crippen LogP contribution is 2.55. The van der Waals surface area contributed by atoms with E-state index in [-0.39, 0.29) is 11.1 Å². The molecule has 0 aliphatic heterocycles. The van der Waals surface area contributed by atoms with Gasteiger partial charge in [0, 0.05) is 66.0 Å². The summed E-state index contributed by atoms with van der Waals surface area (Å²) in [6.45, 7) is 0. The van der Waals surface area contributed by atoms with Gasteiger partial charge in [-0.2, -0.15) is 10.2 Å². The van der Waals surface area contributed by atoms with Gasteiger partial charge in [-0.25, -0.2) is 9.97 Å². The zero-order valence-corrected chi connectivity index (χ0v) is 18.3. The number of hydrogen-bond acceptors (Lipinski definition) is 6. The van der Waals surface area contributed by atoms with Crippen molar-refractivity contribution in [1.29, 1.82) is 0 Å². The van der Waals surface area contributed by atoms with Crippen molar-refractivity contribution in [3.63, 3.8) is 0 Å². The number of aromatic nitrogens is 6. The van der Waals surface area contributed by atoms with E-state index in [1.807, 2.05) is 57.2 Å². The van der Waals surface area contributed by atoms with Crippen LogP contribution in [0.25, 0.3) is 33.6 Å². The van der Waals surface area contributed by atoms with E-state index in [2.05, 4.69) is 27.6 Å². The van der Waals surface area contributed by atoms with Crippen LogP contribution in [0, 0.1) is 0 Å². The molecule has 1 aromatic carbocycles. The fourth-order valence-corrected chi connectivity index (χ4v) is 5.34. The Morgan fingerprint density at radius 2 is 1.62 bits per heavy atom. The van der Waals surface area contributed by atoms with Crippen molar-refractivity contribution in [2.45, 2.75) is 36.8 Å². The highest BCUT2D eigenvalue weighted by Gasteiger charge is 2.59. The zero-order chi connectivity index (χ0) is 21.9. The number of aryl methyl sites for hydroxylation is 2. The number of nitrogens with two attached hydrogens (primary N) is 1. The molecule has 4 aromatic rings. The number of anilines is 1. The lowest BCUT2D eigenvalue weighted by Crippen LogP contribution is -2.57. The van der Waals surface area contributed by atoms with Crippen LogP contribution in [0.2, 0.25) is 0 Å². The summed E-state index contributed by atoms with van der Waals surface area (Å²) in [5.41, 5.74) is 11.6. The van der Waals surface area contributed by atoms with E-state index < -0.39 is 0 Å². The minimum absolute atomic E-state index is 0.00459. The molecule has 3 aliphatic carbocycles. The van der Waals surface area contributed by atoms with Gasteiger partial charge in [0.05, 0.1) is 12.4 Å². The van der Waals surface area contributed by atoms with Crippen LogP contribution in [0.3, 0.4) is 0 Å². The van der Waals surface area contributed by atoms with Gasteiger partial charge >= 0.3 is 0 Å². The molecule has 7 rings (SSSR count). The monoisotopic (exact) mass is 426 g/mol. The van der Waals surface area contributed by atoms with Crippen LogP contribution in [-0.2, 0) is 14.1 Å². The molecule has 3 fully saturated rings. The van der Waals surface area contributed by atoms with Gasteiger partial charge in [-0.1, -0.05) is 18.2 Å². The number of hydrogen-bond donors (Lipinski definition) is 2. The maximum absolute atomic E-state index is 6.44. The van der Waals surface area contributed by atoms with Crippen LogP contribution >= 0.6 is 0 Å². The number of nitrogens with one attached hydrogen (secondary N) is 1. The maximum atomic E-state index is 6.44. The molecule has 3 heterocycles. The highest BCUT2D eigenvalue weighted by molar-refractivity contribution is 5.77. The van der Waals surface area contributed by atoms with Crippen molar-refractivity contribution < 1.29 is 0 Å². The lowest BCUT2D eigenvalue weighted by atomic mass is 9.72. The van der Waals surface area contributed by atoms with Crippen molar-refractivity contribution >= 4 is 5.82 Å². The number of nitrogens with zero attached hydrogens (tertiary/aromatic N) is 6. The van der Waals surface area contributed by atoms with Gasteiger partial charge in [0.25, 0.3) is 0 Å². The molecule has 0 amide bonds. The summed E-state index contributed by atoms with van der Waals surface area (Å²) in [7, 11) is 3.84. The second kappa shape index (κ2) is 6.74. The molecule has 8 nitrogen and oxygen atoms in total. The zero-order valence-electron chi connectivity index (χ0n) is 18.3. The van der Waals surface area contributed by atoms with Crippen LogP contribution in [0.15, 0.2) is 55.2 Å². The molecular formula is C24H26N8. The van der Waals surface area contributed by atoms with Crippen molar-refractivity contribution in [3.8, 4) is 33.6 Å². The van der Waals surface area contributed by atoms with Crippen molar-refractivity contribution in [1.82, 2.24) is 29.5 Å². The second-order valence-electron chi connectivity index (χ2n) is 9.46. The SMILES string of the molecule is Cn1cc(-c2cccc(-c3ncc(-c4cnn(C)c4)c(NC45CCC(N)(C4)C5)n3)c2)cn1. The Morgan fingerprint density at radius 1 is 0.906 bits per heavy atom. The molecule has 3 N–H and O–H groups in total. The van der Waals surface area contributed by atoms with Gasteiger partial charge in [0.1, 0.15) is 5.82 Å². The van der Waals surface area contributed by atoms with E-state index in [0.717, 1.165) is 59.3 Å². The highest BCUT2D eigenvalue weighted by atomic mass is 15.2. The first-order chi connectivity index (χ1) is 15.4.